The minimum absolute atomic E-state index is 0.00895. The number of aliphatic hydroxyl groups is 1. The van der Waals surface area contributed by atoms with Gasteiger partial charge in [-0.05, 0) is 12.8 Å². The Bertz CT molecular complexity index is 405. The van der Waals surface area contributed by atoms with Gasteiger partial charge < -0.3 is 10.0 Å². The Labute approximate surface area is 107 Å². The summed E-state index contributed by atoms with van der Waals surface area (Å²) >= 11 is 0. The first kappa shape index (κ1) is 12.9. The lowest BCUT2D eigenvalue weighted by molar-refractivity contribution is -0.124. The SMILES string of the molecule is C=CCN1CC(=O)/C(=C(/O)C2CCCCC2)C1=O. The van der Waals surface area contributed by atoms with Gasteiger partial charge in [0.05, 0.1) is 6.54 Å². The average Bonchev–Trinajstić information content (AvgIpc) is 2.65. The molecule has 0 aromatic carbocycles. The molecular formula is C14H19NO3. The van der Waals surface area contributed by atoms with E-state index in [2.05, 4.69) is 6.58 Å². The molecule has 1 heterocycles. The van der Waals surface area contributed by atoms with Gasteiger partial charge in [0, 0.05) is 12.5 Å². The highest BCUT2D eigenvalue weighted by Gasteiger charge is 2.37. The number of rotatable bonds is 3. The molecule has 1 saturated carbocycles. The number of hydrogen-bond donors (Lipinski definition) is 1. The summed E-state index contributed by atoms with van der Waals surface area (Å²) < 4.78 is 0. The number of allylic oxidation sites excluding steroid dienone is 1. The summed E-state index contributed by atoms with van der Waals surface area (Å²) in [7, 11) is 0. The molecule has 0 unspecified atom stereocenters. The van der Waals surface area contributed by atoms with Gasteiger partial charge >= 0.3 is 0 Å². The lowest BCUT2D eigenvalue weighted by Gasteiger charge is -2.21. The zero-order chi connectivity index (χ0) is 13.1. The van der Waals surface area contributed by atoms with E-state index in [-0.39, 0.29) is 35.5 Å². The molecule has 2 fully saturated rings. The number of carbonyl (C=O) groups excluding carboxylic acids is 2. The van der Waals surface area contributed by atoms with E-state index in [1.165, 1.54) is 11.3 Å². The first-order valence-corrected chi connectivity index (χ1v) is 6.51. The van der Waals surface area contributed by atoms with E-state index in [0.29, 0.717) is 6.54 Å². The summed E-state index contributed by atoms with van der Waals surface area (Å²) in [5, 5.41) is 10.2. The van der Waals surface area contributed by atoms with Gasteiger partial charge in [0.15, 0.2) is 5.78 Å². The molecule has 0 aromatic rings. The first-order valence-electron chi connectivity index (χ1n) is 6.51. The fourth-order valence-electron chi connectivity index (χ4n) is 2.74. The van der Waals surface area contributed by atoms with Crippen LogP contribution >= 0.6 is 0 Å². The number of amides is 1. The van der Waals surface area contributed by atoms with Gasteiger partial charge in [-0.2, -0.15) is 0 Å². The van der Waals surface area contributed by atoms with E-state index in [0.717, 1.165) is 25.7 Å². The van der Waals surface area contributed by atoms with Gasteiger partial charge in [-0.25, -0.2) is 0 Å². The molecule has 1 aliphatic carbocycles. The van der Waals surface area contributed by atoms with Crippen molar-refractivity contribution >= 4 is 11.7 Å². The Morgan fingerprint density at radius 2 is 2.00 bits per heavy atom. The fraction of sp³-hybridized carbons (Fsp3) is 0.571. The minimum atomic E-state index is -0.344. The third-order valence-corrected chi connectivity index (χ3v) is 3.71. The molecule has 1 saturated heterocycles. The average molecular weight is 249 g/mol. The van der Waals surface area contributed by atoms with Crippen LogP contribution in [-0.2, 0) is 9.59 Å². The van der Waals surface area contributed by atoms with Crippen LogP contribution in [0.5, 0.6) is 0 Å². The molecule has 4 nitrogen and oxygen atoms in total. The summed E-state index contributed by atoms with van der Waals surface area (Å²) in [5.74, 6) is -0.588. The highest BCUT2D eigenvalue weighted by molar-refractivity contribution is 6.25. The molecule has 2 rings (SSSR count). The third kappa shape index (κ3) is 2.33. The molecule has 0 aromatic heterocycles. The Morgan fingerprint density at radius 1 is 1.33 bits per heavy atom. The van der Waals surface area contributed by atoms with Crippen molar-refractivity contribution in [2.75, 3.05) is 13.1 Å². The van der Waals surface area contributed by atoms with E-state index >= 15 is 0 Å². The molecule has 1 aliphatic heterocycles. The van der Waals surface area contributed by atoms with Crippen molar-refractivity contribution in [1.29, 1.82) is 0 Å². The summed E-state index contributed by atoms with van der Waals surface area (Å²) in [6.07, 6.45) is 6.62. The third-order valence-electron chi connectivity index (χ3n) is 3.71. The Balaban J connectivity index is 2.22. The van der Waals surface area contributed by atoms with Gasteiger partial charge in [-0.3, -0.25) is 9.59 Å². The quantitative estimate of drug-likeness (QED) is 0.360. The molecule has 98 valence electrons. The van der Waals surface area contributed by atoms with E-state index in [1.54, 1.807) is 6.08 Å². The van der Waals surface area contributed by atoms with Gasteiger partial charge in [0.25, 0.3) is 5.91 Å². The summed E-state index contributed by atoms with van der Waals surface area (Å²) in [4.78, 5) is 25.3. The molecule has 2 aliphatic rings. The van der Waals surface area contributed by atoms with E-state index in [1.807, 2.05) is 0 Å². The second kappa shape index (κ2) is 5.38. The van der Waals surface area contributed by atoms with Crippen molar-refractivity contribution in [3.05, 3.63) is 24.0 Å². The largest absolute Gasteiger partial charge is 0.511 e. The molecule has 0 spiro atoms. The molecule has 0 radical (unpaired) electrons. The summed E-state index contributed by atoms with van der Waals surface area (Å²) in [6, 6.07) is 0. The van der Waals surface area contributed by atoms with Crippen LogP contribution < -0.4 is 0 Å². The van der Waals surface area contributed by atoms with Crippen molar-refractivity contribution in [2.24, 2.45) is 5.92 Å². The number of nitrogens with zero attached hydrogens (tertiary/aromatic N) is 1. The topological polar surface area (TPSA) is 57.6 Å². The van der Waals surface area contributed by atoms with Crippen LogP contribution in [0.2, 0.25) is 0 Å². The number of aliphatic hydroxyl groups excluding tert-OH is 1. The first-order chi connectivity index (χ1) is 8.65. The summed E-state index contributed by atoms with van der Waals surface area (Å²) in [5.41, 5.74) is 0.0174. The molecule has 1 N–H and O–H groups in total. The highest BCUT2D eigenvalue weighted by atomic mass is 16.3. The smallest absolute Gasteiger partial charge is 0.261 e. The zero-order valence-electron chi connectivity index (χ0n) is 10.5. The van der Waals surface area contributed by atoms with Crippen LogP contribution in [0.25, 0.3) is 0 Å². The van der Waals surface area contributed by atoms with Crippen molar-refractivity contribution in [3.63, 3.8) is 0 Å². The van der Waals surface area contributed by atoms with E-state index < -0.39 is 0 Å². The van der Waals surface area contributed by atoms with Crippen molar-refractivity contribution in [3.8, 4) is 0 Å². The van der Waals surface area contributed by atoms with Crippen LogP contribution in [0, 0.1) is 5.92 Å². The normalized spacial score (nSPS) is 24.6. The highest BCUT2D eigenvalue weighted by Crippen LogP contribution is 2.31. The van der Waals surface area contributed by atoms with Crippen molar-refractivity contribution in [1.82, 2.24) is 4.90 Å². The van der Waals surface area contributed by atoms with Crippen LogP contribution in [0.15, 0.2) is 24.0 Å². The molecule has 0 bridgehead atoms. The van der Waals surface area contributed by atoms with Crippen molar-refractivity contribution in [2.45, 2.75) is 32.1 Å². The second-order valence-electron chi connectivity index (χ2n) is 4.99. The maximum atomic E-state index is 12.0. The number of carbonyl (C=O) groups is 2. The van der Waals surface area contributed by atoms with Crippen LogP contribution in [0.4, 0.5) is 0 Å². The summed E-state index contributed by atoms with van der Waals surface area (Å²) in [6.45, 7) is 3.98. The molecule has 4 heteroatoms. The standard InChI is InChI=1S/C14H19NO3/c1-2-8-15-9-11(16)12(14(15)18)13(17)10-6-4-3-5-7-10/h2,10,17H,1,3-9H2/b13-12-. The minimum Gasteiger partial charge on any atom is -0.511 e. The monoisotopic (exact) mass is 249 g/mol. The van der Waals surface area contributed by atoms with Crippen LogP contribution in [0.3, 0.4) is 0 Å². The predicted molar refractivity (Wildman–Crippen MR) is 68.0 cm³/mol. The second-order valence-corrected chi connectivity index (χ2v) is 4.99. The Hall–Kier alpha value is -1.58. The van der Waals surface area contributed by atoms with Gasteiger partial charge in [0.2, 0.25) is 0 Å². The van der Waals surface area contributed by atoms with E-state index in [4.69, 9.17) is 0 Å². The van der Waals surface area contributed by atoms with Gasteiger partial charge in [-0.15, -0.1) is 6.58 Å². The molecule has 0 atom stereocenters. The van der Waals surface area contributed by atoms with Gasteiger partial charge in [-0.1, -0.05) is 25.3 Å². The number of ketones is 1. The molecule has 1 amide bonds. The number of likely N-dealkylation sites (tertiary alicyclic amines) is 1. The Kier molecular flexibility index (Phi) is 3.84. The lowest BCUT2D eigenvalue weighted by atomic mass is 9.86. The Morgan fingerprint density at radius 3 is 2.61 bits per heavy atom. The molecule has 18 heavy (non-hydrogen) atoms. The van der Waals surface area contributed by atoms with Crippen LogP contribution in [-0.4, -0.2) is 34.8 Å². The maximum Gasteiger partial charge on any atom is 0.261 e. The molecular weight excluding hydrogens is 230 g/mol. The number of hydrogen-bond acceptors (Lipinski definition) is 3. The van der Waals surface area contributed by atoms with Crippen molar-refractivity contribution < 1.29 is 14.7 Å². The van der Waals surface area contributed by atoms with Crippen LogP contribution in [0.1, 0.15) is 32.1 Å². The lowest BCUT2D eigenvalue weighted by Crippen LogP contribution is -2.26. The maximum absolute atomic E-state index is 12.0. The number of Topliss-reactive ketones (excluding diaryl/α,β-unsaturated/α-hetero) is 1. The zero-order valence-corrected chi connectivity index (χ0v) is 10.5. The van der Waals surface area contributed by atoms with Gasteiger partial charge in [0.1, 0.15) is 11.3 Å². The fourth-order valence-corrected chi connectivity index (χ4v) is 2.74. The predicted octanol–water partition coefficient (Wildman–Crippen LogP) is 1.98. The van der Waals surface area contributed by atoms with E-state index in [9.17, 15) is 14.7 Å².